The number of benzene rings is 3. The summed E-state index contributed by atoms with van der Waals surface area (Å²) >= 11 is 0. The number of rotatable bonds is 9. The maximum absolute atomic E-state index is 12.9. The standard InChI is InChI=1S/C33H38BNO5/c1-32(2)33(3,4)40-34(39-32)25(20-24-17-15-23(16-18-24)10-9-19-36)21-35-31(37)38-22-30-28-13-7-5-11-26(28)27-12-6-8-14-29(27)30/h5-8,11-18,20,30,36H,9-10,19,21-22H2,1-4H3,(H,35,37). The normalized spacial score (nSPS) is 17.4. The average Bonchev–Trinajstić information content (AvgIpc) is 3.38. The highest BCUT2D eigenvalue weighted by Gasteiger charge is 2.52. The number of carbonyl (C=O) groups excluding carboxylic acids is 1. The first-order chi connectivity index (χ1) is 19.2. The van der Waals surface area contributed by atoms with Crippen LogP contribution in [0.15, 0.2) is 78.3 Å². The average molecular weight is 539 g/mol. The summed E-state index contributed by atoms with van der Waals surface area (Å²) in [5, 5.41) is 12.0. The number of ether oxygens (including phenoxy) is 1. The van der Waals surface area contributed by atoms with Gasteiger partial charge in [-0.3, -0.25) is 0 Å². The third kappa shape index (κ3) is 5.87. The molecule has 0 spiro atoms. The number of hydrogen-bond donors (Lipinski definition) is 2. The predicted molar refractivity (Wildman–Crippen MR) is 159 cm³/mol. The Hall–Kier alpha value is -3.39. The van der Waals surface area contributed by atoms with Crippen LogP contribution in [0.2, 0.25) is 0 Å². The summed E-state index contributed by atoms with van der Waals surface area (Å²) in [6, 6.07) is 24.8. The van der Waals surface area contributed by atoms with E-state index in [0.29, 0.717) is 0 Å². The van der Waals surface area contributed by atoms with Crippen LogP contribution >= 0.6 is 0 Å². The van der Waals surface area contributed by atoms with Crippen LogP contribution in [-0.4, -0.2) is 49.3 Å². The lowest BCUT2D eigenvalue weighted by atomic mass is 9.77. The zero-order valence-electron chi connectivity index (χ0n) is 23.8. The number of aliphatic hydroxyl groups excluding tert-OH is 1. The van der Waals surface area contributed by atoms with Gasteiger partial charge in [0.05, 0.1) is 11.2 Å². The highest BCUT2D eigenvalue weighted by Crippen LogP contribution is 2.44. The van der Waals surface area contributed by atoms with E-state index in [2.05, 4.69) is 41.7 Å². The molecule has 208 valence electrons. The van der Waals surface area contributed by atoms with Crippen LogP contribution < -0.4 is 5.32 Å². The molecule has 1 heterocycles. The molecule has 3 aromatic rings. The SMILES string of the molecule is CC1(C)OB(C(=Cc2ccc(CCCO)cc2)CNC(=O)OCC2c3ccccc3-c3ccccc32)OC1(C)C. The Morgan fingerprint density at radius 1 is 0.925 bits per heavy atom. The Labute approximate surface area is 237 Å². The van der Waals surface area contributed by atoms with Crippen molar-refractivity contribution < 1.29 is 23.9 Å². The monoisotopic (exact) mass is 539 g/mol. The van der Waals surface area contributed by atoms with Crippen LogP contribution in [0, 0.1) is 0 Å². The quantitative estimate of drug-likeness (QED) is 0.319. The summed E-state index contributed by atoms with van der Waals surface area (Å²) in [4.78, 5) is 12.9. The maximum Gasteiger partial charge on any atom is 0.492 e. The van der Waals surface area contributed by atoms with Gasteiger partial charge in [0.1, 0.15) is 6.61 Å². The van der Waals surface area contributed by atoms with Crippen LogP contribution in [0.5, 0.6) is 0 Å². The Kier molecular flexibility index (Phi) is 8.18. The minimum atomic E-state index is -0.604. The van der Waals surface area contributed by atoms with Crippen LogP contribution in [0.4, 0.5) is 4.79 Å². The van der Waals surface area contributed by atoms with Crippen molar-refractivity contribution in [2.75, 3.05) is 19.8 Å². The number of amides is 1. The lowest BCUT2D eigenvalue weighted by molar-refractivity contribution is 0.00578. The number of aryl methyl sites for hydroxylation is 1. The van der Waals surface area contributed by atoms with Gasteiger partial charge in [-0.05, 0) is 79.4 Å². The number of hydrogen-bond acceptors (Lipinski definition) is 5. The summed E-state index contributed by atoms with van der Waals surface area (Å²) in [6.07, 6.45) is 3.08. The molecule has 0 aromatic heterocycles. The number of alkyl carbamates (subject to hydrolysis) is 1. The number of fused-ring (bicyclic) bond motifs is 3. The Morgan fingerprint density at radius 3 is 2.08 bits per heavy atom. The zero-order chi connectivity index (χ0) is 28.3. The van der Waals surface area contributed by atoms with E-state index < -0.39 is 24.4 Å². The van der Waals surface area contributed by atoms with Gasteiger partial charge in [0.2, 0.25) is 0 Å². The topological polar surface area (TPSA) is 77.0 Å². The van der Waals surface area contributed by atoms with Crippen molar-refractivity contribution in [3.63, 3.8) is 0 Å². The molecule has 0 bridgehead atoms. The van der Waals surface area contributed by atoms with Crippen molar-refractivity contribution in [2.24, 2.45) is 0 Å². The third-order valence-electron chi connectivity index (χ3n) is 8.29. The van der Waals surface area contributed by atoms with Gasteiger partial charge in [0.15, 0.2) is 0 Å². The fourth-order valence-electron chi connectivity index (χ4n) is 5.30. The second-order valence-electron chi connectivity index (χ2n) is 11.6. The van der Waals surface area contributed by atoms with Gasteiger partial charge in [0, 0.05) is 19.1 Å². The molecule has 1 aliphatic heterocycles. The van der Waals surface area contributed by atoms with Crippen molar-refractivity contribution in [1.82, 2.24) is 5.32 Å². The van der Waals surface area contributed by atoms with E-state index in [-0.39, 0.29) is 25.7 Å². The molecule has 1 saturated heterocycles. The lowest BCUT2D eigenvalue weighted by Crippen LogP contribution is -2.41. The summed E-state index contributed by atoms with van der Waals surface area (Å²) in [6.45, 7) is 8.71. The fourth-order valence-corrected chi connectivity index (χ4v) is 5.30. The summed E-state index contributed by atoms with van der Waals surface area (Å²) in [5.74, 6) is 0.000562. The molecular weight excluding hydrogens is 501 g/mol. The Bertz CT molecular complexity index is 1320. The summed E-state index contributed by atoms with van der Waals surface area (Å²) < 4.78 is 18.4. The van der Waals surface area contributed by atoms with E-state index in [0.717, 1.165) is 23.9 Å². The first-order valence-electron chi connectivity index (χ1n) is 14.0. The van der Waals surface area contributed by atoms with Gasteiger partial charge < -0.3 is 24.5 Å². The van der Waals surface area contributed by atoms with Gasteiger partial charge in [-0.15, -0.1) is 0 Å². The summed E-state index contributed by atoms with van der Waals surface area (Å²) in [7, 11) is -0.604. The zero-order valence-corrected chi connectivity index (χ0v) is 23.8. The molecule has 6 nitrogen and oxygen atoms in total. The van der Waals surface area contributed by atoms with E-state index >= 15 is 0 Å². The molecule has 0 saturated carbocycles. The van der Waals surface area contributed by atoms with Crippen LogP contribution in [0.3, 0.4) is 0 Å². The first kappa shape index (κ1) is 28.2. The highest BCUT2D eigenvalue weighted by molar-refractivity contribution is 6.56. The second-order valence-corrected chi connectivity index (χ2v) is 11.6. The maximum atomic E-state index is 12.9. The minimum absolute atomic E-state index is 0.000562. The van der Waals surface area contributed by atoms with Gasteiger partial charge in [0.25, 0.3) is 0 Å². The van der Waals surface area contributed by atoms with E-state index in [4.69, 9.17) is 19.2 Å². The molecule has 1 fully saturated rings. The van der Waals surface area contributed by atoms with E-state index in [1.165, 1.54) is 27.8 Å². The van der Waals surface area contributed by atoms with E-state index in [1.807, 2.05) is 70.2 Å². The van der Waals surface area contributed by atoms with Gasteiger partial charge in [-0.25, -0.2) is 4.79 Å². The minimum Gasteiger partial charge on any atom is -0.449 e. The van der Waals surface area contributed by atoms with Gasteiger partial charge in [-0.1, -0.05) is 78.9 Å². The second kappa shape index (κ2) is 11.6. The molecule has 0 atom stereocenters. The molecule has 1 amide bonds. The van der Waals surface area contributed by atoms with Crippen LogP contribution in [-0.2, 0) is 20.5 Å². The van der Waals surface area contributed by atoms with Crippen molar-refractivity contribution >= 4 is 19.3 Å². The Balaban J connectivity index is 1.28. The van der Waals surface area contributed by atoms with Crippen molar-refractivity contribution in [1.29, 1.82) is 0 Å². The lowest BCUT2D eigenvalue weighted by Gasteiger charge is -2.32. The molecule has 40 heavy (non-hydrogen) atoms. The molecule has 2 aliphatic rings. The largest absolute Gasteiger partial charge is 0.492 e. The highest BCUT2D eigenvalue weighted by atomic mass is 16.7. The molecule has 1 aliphatic carbocycles. The first-order valence-corrected chi connectivity index (χ1v) is 14.0. The van der Waals surface area contributed by atoms with Gasteiger partial charge in [-0.2, -0.15) is 0 Å². The molecule has 5 rings (SSSR count). The number of carbonyl (C=O) groups is 1. The van der Waals surface area contributed by atoms with E-state index in [1.54, 1.807) is 0 Å². The molecule has 7 heteroatoms. The number of nitrogens with one attached hydrogen (secondary N) is 1. The van der Waals surface area contributed by atoms with Crippen molar-refractivity contribution in [3.8, 4) is 11.1 Å². The molecule has 2 N–H and O–H groups in total. The molecule has 0 radical (unpaired) electrons. The fraction of sp³-hybridized carbons (Fsp3) is 0.364. The van der Waals surface area contributed by atoms with E-state index in [9.17, 15) is 4.79 Å². The molecule has 3 aromatic carbocycles. The van der Waals surface area contributed by atoms with Gasteiger partial charge >= 0.3 is 13.2 Å². The third-order valence-corrected chi connectivity index (χ3v) is 8.29. The predicted octanol–water partition coefficient (Wildman–Crippen LogP) is 6.17. The molecular formula is C33H38BNO5. The van der Waals surface area contributed by atoms with Crippen LogP contribution in [0.1, 0.15) is 62.3 Å². The number of aliphatic hydroxyl groups is 1. The van der Waals surface area contributed by atoms with Crippen molar-refractivity contribution in [3.05, 3.63) is 101 Å². The Morgan fingerprint density at radius 2 is 1.50 bits per heavy atom. The smallest absolute Gasteiger partial charge is 0.449 e. The van der Waals surface area contributed by atoms with Crippen LogP contribution in [0.25, 0.3) is 17.2 Å². The van der Waals surface area contributed by atoms with Crippen molar-refractivity contribution in [2.45, 2.75) is 57.7 Å². The summed E-state index contributed by atoms with van der Waals surface area (Å²) in [5.41, 5.74) is 6.68. The molecule has 0 unspecified atom stereocenters.